The Morgan fingerprint density at radius 1 is 0.964 bits per heavy atom. The van der Waals surface area contributed by atoms with E-state index in [4.69, 9.17) is 23.4 Å². The Balaban J connectivity index is 1.93. The molecule has 0 saturated heterocycles. The number of benzene rings is 3. The molecule has 3 aromatic carbocycles. The van der Waals surface area contributed by atoms with E-state index in [9.17, 15) is 4.79 Å². The van der Waals surface area contributed by atoms with E-state index in [1.54, 1.807) is 0 Å². The van der Waals surface area contributed by atoms with Gasteiger partial charge < -0.3 is 4.90 Å². The normalized spacial score (nSPS) is 18.3. The van der Waals surface area contributed by atoms with Gasteiger partial charge >= 0.3 is 0 Å². The summed E-state index contributed by atoms with van der Waals surface area (Å²) < 4.78 is 1.25. The van der Waals surface area contributed by atoms with Crippen LogP contribution in [-0.4, -0.2) is 20.0 Å². The smallest absolute Gasteiger partial charge is 0.257 e. The molecule has 4 rings (SSSR count). The van der Waals surface area contributed by atoms with E-state index in [2.05, 4.69) is 0 Å². The van der Waals surface area contributed by atoms with Crippen molar-refractivity contribution in [2.75, 3.05) is 23.4 Å². The Morgan fingerprint density at radius 3 is 2.36 bits per heavy atom. The lowest BCUT2D eigenvalue weighted by Crippen LogP contribution is -2.40. The van der Waals surface area contributed by atoms with Crippen molar-refractivity contribution in [3.63, 3.8) is 0 Å². The highest BCUT2D eigenvalue weighted by molar-refractivity contribution is 6.40. The zero-order chi connectivity index (χ0) is 19.9. The maximum absolute atomic E-state index is 13.5. The van der Waals surface area contributed by atoms with Crippen molar-refractivity contribution >= 4 is 40.7 Å². The Bertz CT molecular complexity index is 1030. The molecule has 0 N–H and O–H groups in total. The quantitative estimate of drug-likeness (QED) is 0.534. The number of hydrogen-bond acceptors (Lipinski definition) is 2. The number of halogens is 2. The van der Waals surface area contributed by atoms with E-state index in [1.807, 2.05) is 91.8 Å². The number of para-hydroxylation sites is 1. The van der Waals surface area contributed by atoms with Crippen molar-refractivity contribution < 1.29 is 4.79 Å². The zero-order valence-electron chi connectivity index (χ0n) is 15.7. The average molecular weight is 411 g/mol. The van der Waals surface area contributed by atoms with Gasteiger partial charge in [0.25, 0.3) is 5.91 Å². The number of rotatable bonds is 4. The van der Waals surface area contributed by atoms with Crippen LogP contribution in [0.1, 0.15) is 16.7 Å². The van der Waals surface area contributed by atoms with Gasteiger partial charge in [0.05, 0.1) is 5.69 Å². The van der Waals surface area contributed by atoms with Crippen molar-refractivity contribution in [2.24, 2.45) is 0 Å². The molecule has 0 radical (unpaired) electrons. The summed E-state index contributed by atoms with van der Waals surface area (Å²) in [6, 6.07) is 23.5. The topological polar surface area (TPSA) is 23.6 Å². The molecular formula is C23H20Cl2N2O. The number of fused-ring (bicyclic) bond motifs is 1. The van der Waals surface area contributed by atoms with Crippen LogP contribution in [0.4, 0.5) is 11.4 Å². The third kappa shape index (κ3) is 2.95. The van der Waals surface area contributed by atoms with Gasteiger partial charge in [-0.3, -0.25) is 4.79 Å². The van der Waals surface area contributed by atoms with Gasteiger partial charge in [-0.25, -0.2) is 4.42 Å². The molecule has 0 aromatic heterocycles. The van der Waals surface area contributed by atoms with E-state index < -0.39 is 5.41 Å². The van der Waals surface area contributed by atoms with Crippen molar-refractivity contribution in [1.82, 2.24) is 0 Å². The van der Waals surface area contributed by atoms with Gasteiger partial charge in [-0.05, 0) is 53.4 Å². The summed E-state index contributed by atoms with van der Waals surface area (Å²) in [7, 11) is 3.99. The SMILES string of the molecule is CN(C)c1ccc(C2(Cc3cccc(Cl)c3)C(=O)N(Cl)c3ccccc32)cc1. The number of amides is 1. The highest BCUT2D eigenvalue weighted by Crippen LogP contribution is 2.49. The van der Waals surface area contributed by atoms with Crippen LogP contribution in [0.15, 0.2) is 72.8 Å². The Labute approximate surface area is 175 Å². The lowest BCUT2D eigenvalue weighted by Gasteiger charge is -2.29. The van der Waals surface area contributed by atoms with Crippen LogP contribution in [0, 0.1) is 0 Å². The molecule has 0 spiro atoms. The van der Waals surface area contributed by atoms with Crippen molar-refractivity contribution in [1.29, 1.82) is 0 Å². The van der Waals surface area contributed by atoms with E-state index in [1.165, 1.54) is 4.42 Å². The first-order valence-electron chi connectivity index (χ1n) is 9.05. The molecule has 5 heteroatoms. The molecular weight excluding hydrogens is 391 g/mol. The van der Waals surface area contributed by atoms with Gasteiger partial charge in [-0.1, -0.05) is 54.1 Å². The van der Waals surface area contributed by atoms with E-state index >= 15 is 0 Å². The monoisotopic (exact) mass is 410 g/mol. The van der Waals surface area contributed by atoms with Crippen LogP contribution in [-0.2, 0) is 16.6 Å². The Hall–Kier alpha value is -2.49. The third-order valence-electron chi connectivity index (χ3n) is 5.35. The minimum Gasteiger partial charge on any atom is -0.378 e. The van der Waals surface area contributed by atoms with E-state index in [0.717, 1.165) is 28.1 Å². The zero-order valence-corrected chi connectivity index (χ0v) is 17.2. The molecule has 28 heavy (non-hydrogen) atoms. The minimum atomic E-state index is -0.895. The summed E-state index contributed by atoms with van der Waals surface area (Å²) in [5.41, 5.74) is 3.72. The molecule has 0 fully saturated rings. The maximum atomic E-state index is 13.5. The average Bonchev–Trinajstić information content (AvgIpc) is 2.91. The van der Waals surface area contributed by atoms with E-state index in [0.29, 0.717) is 11.4 Å². The molecule has 3 nitrogen and oxygen atoms in total. The van der Waals surface area contributed by atoms with Crippen LogP contribution in [0.25, 0.3) is 0 Å². The van der Waals surface area contributed by atoms with Gasteiger partial charge in [0.15, 0.2) is 0 Å². The Morgan fingerprint density at radius 2 is 1.68 bits per heavy atom. The van der Waals surface area contributed by atoms with Gasteiger partial charge in [0, 0.05) is 36.6 Å². The van der Waals surface area contributed by atoms with Crippen molar-refractivity contribution in [3.05, 3.63) is 94.5 Å². The number of carbonyl (C=O) groups excluding carboxylic acids is 1. The fourth-order valence-corrected chi connectivity index (χ4v) is 4.45. The molecule has 1 heterocycles. The standard InChI is InChI=1S/C23H20Cl2N2O/c1-26(2)19-12-10-17(11-13-19)23(15-16-6-5-7-18(24)14-16)20-8-3-4-9-21(20)27(25)22(23)28/h3-14H,15H2,1-2H3. The summed E-state index contributed by atoms with van der Waals surface area (Å²) >= 11 is 12.7. The Kier molecular flexibility index (Phi) is 4.82. The van der Waals surface area contributed by atoms with Gasteiger partial charge in [-0.15, -0.1) is 0 Å². The summed E-state index contributed by atoms with van der Waals surface area (Å²) in [5.74, 6) is -0.145. The molecule has 1 unspecified atom stereocenters. The molecule has 3 aromatic rings. The first-order chi connectivity index (χ1) is 13.4. The van der Waals surface area contributed by atoms with Crippen molar-refractivity contribution in [3.8, 4) is 0 Å². The number of hydrogen-bond donors (Lipinski definition) is 0. The summed E-state index contributed by atoms with van der Waals surface area (Å²) in [4.78, 5) is 15.6. The molecule has 0 bridgehead atoms. The molecule has 0 aliphatic carbocycles. The highest BCUT2D eigenvalue weighted by Gasteiger charge is 2.51. The number of anilines is 2. The number of nitrogens with zero attached hydrogens (tertiary/aromatic N) is 2. The second kappa shape index (κ2) is 7.16. The van der Waals surface area contributed by atoms with Crippen LogP contribution in [0.3, 0.4) is 0 Å². The molecule has 1 amide bonds. The highest BCUT2D eigenvalue weighted by atomic mass is 35.5. The fraction of sp³-hybridized carbons (Fsp3) is 0.174. The molecule has 1 aliphatic heterocycles. The van der Waals surface area contributed by atoms with Crippen molar-refractivity contribution in [2.45, 2.75) is 11.8 Å². The summed E-state index contributed by atoms with van der Waals surface area (Å²) in [6.45, 7) is 0. The minimum absolute atomic E-state index is 0.145. The largest absolute Gasteiger partial charge is 0.378 e. The third-order valence-corrected chi connectivity index (χ3v) is 5.92. The lowest BCUT2D eigenvalue weighted by molar-refractivity contribution is -0.120. The molecule has 0 saturated carbocycles. The first kappa shape index (κ1) is 18.9. The van der Waals surface area contributed by atoms with Gasteiger partial charge in [0.2, 0.25) is 0 Å². The molecule has 1 atom stereocenters. The van der Waals surface area contributed by atoms with Gasteiger partial charge in [-0.2, -0.15) is 0 Å². The first-order valence-corrected chi connectivity index (χ1v) is 9.77. The molecule has 142 valence electrons. The van der Waals surface area contributed by atoms with Crippen LogP contribution < -0.4 is 9.32 Å². The predicted molar refractivity (Wildman–Crippen MR) is 116 cm³/mol. The van der Waals surface area contributed by atoms with E-state index in [-0.39, 0.29) is 5.91 Å². The fourth-order valence-electron chi connectivity index (χ4n) is 3.95. The summed E-state index contributed by atoms with van der Waals surface area (Å²) in [5, 5.41) is 0.650. The number of carbonyl (C=O) groups is 1. The second-order valence-electron chi connectivity index (χ2n) is 7.26. The second-order valence-corrected chi connectivity index (χ2v) is 8.03. The van der Waals surface area contributed by atoms with Crippen LogP contribution in [0.2, 0.25) is 5.02 Å². The maximum Gasteiger partial charge on any atom is 0.257 e. The lowest BCUT2D eigenvalue weighted by atomic mass is 9.71. The van der Waals surface area contributed by atoms with Crippen LogP contribution >= 0.6 is 23.4 Å². The van der Waals surface area contributed by atoms with Gasteiger partial charge in [0.1, 0.15) is 5.41 Å². The summed E-state index contributed by atoms with van der Waals surface area (Å²) in [6.07, 6.45) is 0.480. The molecule has 1 aliphatic rings. The predicted octanol–water partition coefficient (Wildman–Crippen LogP) is 5.44. The van der Waals surface area contributed by atoms with Crippen LogP contribution in [0.5, 0.6) is 0 Å².